The van der Waals surface area contributed by atoms with Crippen molar-refractivity contribution in [3.63, 3.8) is 0 Å². The van der Waals surface area contributed by atoms with E-state index in [9.17, 15) is 9.59 Å². The molecule has 1 aromatic rings. The van der Waals surface area contributed by atoms with Crippen LogP contribution in [0.4, 0.5) is 0 Å². The molecule has 2 aliphatic heterocycles. The molecule has 124 valence electrons. The summed E-state index contributed by atoms with van der Waals surface area (Å²) in [4.78, 5) is 29.8. The quantitative estimate of drug-likeness (QED) is 0.836. The fourth-order valence-electron chi connectivity index (χ4n) is 3.17. The Morgan fingerprint density at radius 2 is 1.78 bits per heavy atom. The molecule has 0 saturated carbocycles. The van der Waals surface area contributed by atoms with Gasteiger partial charge in [0.1, 0.15) is 0 Å². The van der Waals surface area contributed by atoms with Crippen LogP contribution in [0.5, 0.6) is 0 Å². The molecule has 0 bridgehead atoms. The third kappa shape index (κ3) is 3.55. The molecule has 2 heterocycles. The zero-order valence-electron chi connectivity index (χ0n) is 13.9. The summed E-state index contributed by atoms with van der Waals surface area (Å²) in [5, 5.41) is 0. The van der Waals surface area contributed by atoms with Crippen LogP contribution in [-0.2, 0) is 11.2 Å². The molecule has 0 unspecified atom stereocenters. The van der Waals surface area contributed by atoms with Crippen molar-refractivity contribution in [2.75, 3.05) is 31.9 Å². The lowest BCUT2D eigenvalue weighted by Gasteiger charge is -2.35. The molecular weight excluding hydrogens is 308 g/mol. The lowest BCUT2D eigenvalue weighted by Crippen LogP contribution is -2.51. The Morgan fingerprint density at radius 1 is 1.09 bits per heavy atom. The highest BCUT2D eigenvalue weighted by molar-refractivity contribution is 7.99. The number of hydrogen-bond acceptors (Lipinski definition) is 3. The van der Waals surface area contributed by atoms with E-state index >= 15 is 0 Å². The normalized spacial score (nSPS) is 18.0. The molecule has 0 N–H and O–H groups in total. The van der Waals surface area contributed by atoms with Crippen LogP contribution < -0.4 is 0 Å². The molecule has 1 fully saturated rings. The number of piperazine rings is 1. The van der Waals surface area contributed by atoms with Crippen molar-refractivity contribution in [2.45, 2.75) is 31.6 Å². The fourth-order valence-corrected chi connectivity index (χ4v) is 4.19. The van der Waals surface area contributed by atoms with Crippen molar-refractivity contribution in [2.24, 2.45) is 5.92 Å². The van der Waals surface area contributed by atoms with Gasteiger partial charge in [0.2, 0.25) is 5.91 Å². The van der Waals surface area contributed by atoms with Crippen LogP contribution in [-0.4, -0.2) is 53.5 Å². The van der Waals surface area contributed by atoms with Gasteiger partial charge in [-0.25, -0.2) is 0 Å². The van der Waals surface area contributed by atoms with E-state index in [1.165, 1.54) is 22.6 Å². The molecule has 0 aromatic heterocycles. The number of fused-ring (bicyclic) bond motifs is 1. The number of carbonyl (C=O) groups excluding carboxylic acids is 2. The highest BCUT2D eigenvalue weighted by Gasteiger charge is 2.26. The minimum absolute atomic E-state index is 0.0235. The predicted octanol–water partition coefficient (Wildman–Crippen LogP) is 2.67. The van der Waals surface area contributed by atoms with Crippen LogP contribution in [0.15, 0.2) is 23.1 Å². The van der Waals surface area contributed by atoms with Gasteiger partial charge in [-0.1, -0.05) is 13.8 Å². The summed E-state index contributed by atoms with van der Waals surface area (Å²) < 4.78 is 0. The highest BCUT2D eigenvalue weighted by Crippen LogP contribution is 2.30. The van der Waals surface area contributed by atoms with Crippen molar-refractivity contribution in [1.82, 2.24) is 9.80 Å². The molecule has 23 heavy (non-hydrogen) atoms. The maximum Gasteiger partial charge on any atom is 0.253 e. The summed E-state index contributed by atoms with van der Waals surface area (Å²) in [6.07, 6.45) is 2.26. The third-order valence-electron chi connectivity index (χ3n) is 4.53. The number of rotatable bonds is 2. The van der Waals surface area contributed by atoms with Gasteiger partial charge in [0.25, 0.3) is 5.91 Å². The van der Waals surface area contributed by atoms with Crippen LogP contribution in [0.2, 0.25) is 0 Å². The summed E-state index contributed by atoms with van der Waals surface area (Å²) in [5.74, 6) is 1.48. The molecule has 0 spiro atoms. The lowest BCUT2D eigenvalue weighted by atomic mass is 10.0. The molecule has 1 aromatic carbocycles. The Morgan fingerprint density at radius 3 is 2.48 bits per heavy atom. The predicted molar refractivity (Wildman–Crippen MR) is 92.8 cm³/mol. The minimum atomic E-state index is 0.0235. The van der Waals surface area contributed by atoms with Crippen molar-refractivity contribution < 1.29 is 9.59 Å². The standard InChI is InChI=1S/C18H24N2O2S/c1-13(2)17(21)19-7-9-20(10-8-19)18(22)15-5-6-16-14(12-15)4-3-11-23-16/h5-6,12-13H,3-4,7-11H2,1-2H3. The molecule has 0 radical (unpaired) electrons. The number of carbonyl (C=O) groups is 2. The Hall–Kier alpha value is -1.49. The Labute approximate surface area is 142 Å². The summed E-state index contributed by atoms with van der Waals surface area (Å²) in [6, 6.07) is 6.10. The maximum atomic E-state index is 12.7. The Balaban J connectivity index is 1.64. The van der Waals surface area contributed by atoms with E-state index in [0.717, 1.165) is 12.0 Å². The van der Waals surface area contributed by atoms with Crippen LogP contribution >= 0.6 is 11.8 Å². The van der Waals surface area contributed by atoms with Gasteiger partial charge in [0.05, 0.1) is 0 Å². The van der Waals surface area contributed by atoms with Gasteiger partial charge in [-0.3, -0.25) is 9.59 Å². The van der Waals surface area contributed by atoms with Gasteiger partial charge in [0, 0.05) is 42.6 Å². The van der Waals surface area contributed by atoms with Gasteiger partial charge >= 0.3 is 0 Å². The first-order valence-electron chi connectivity index (χ1n) is 8.40. The molecule has 0 aliphatic carbocycles. The summed E-state index contributed by atoms with van der Waals surface area (Å²) >= 11 is 1.88. The van der Waals surface area contributed by atoms with Crippen molar-refractivity contribution >= 4 is 23.6 Å². The topological polar surface area (TPSA) is 40.6 Å². The number of aryl methyl sites for hydroxylation is 1. The molecule has 4 nitrogen and oxygen atoms in total. The SMILES string of the molecule is CC(C)C(=O)N1CCN(C(=O)c2ccc3c(c2)CCCS3)CC1. The lowest BCUT2D eigenvalue weighted by molar-refractivity contribution is -0.135. The maximum absolute atomic E-state index is 12.7. The molecule has 2 amide bonds. The van der Waals surface area contributed by atoms with Gasteiger partial charge < -0.3 is 9.80 Å². The zero-order chi connectivity index (χ0) is 16.4. The number of thioether (sulfide) groups is 1. The first kappa shape index (κ1) is 16.4. The van der Waals surface area contributed by atoms with Crippen molar-refractivity contribution in [3.05, 3.63) is 29.3 Å². The number of nitrogens with zero attached hydrogens (tertiary/aromatic N) is 2. The molecular formula is C18H24N2O2S. The number of amides is 2. The summed E-state index contributed by atoms with van der Waals surface area (Å²) in [5.41, 5.74) is 2.09. The van der Waals surface area contributed by atoms with Crippen LogP contribution in [0.1, 0.15) is 36.2 Å². The van der Waals surface area contributed by atoms with Crippen LogP contribution in [0, 0.1) is 5.92 Å². The highest BCUT2D eigenvalue weighted by atomic mass is 32.2. The van der Waals surface area contributed by atoms with Crippen molar-refractivity contribution in [3.8, 4) is 0 Å². The van der Waals surface area contributed by atoms with E-state index in [4.69, 9.17) is 0 Å². The first-order chi connectivity index (χ1) is 11.1. The number of hydrogen-bond donors (Lipinski definition) is 0. The van der Waals surface area contributed by atoms with Crippen LogP contribution in [0.25, 0.3) is 0 Å². The average Bonchev–Trinajstić information content (AvgIpc) is 2.60. The molecule has 1 saturated heterocycles. The minimum Gasteiger partial charge on any atom is -0.339 e. The second-order valence-electron chi connectivity index (χ2n) is 6.55. The molecule has 5 heteroatoms. The van der Waals surface area contributed by atoms with E-state index in [0.29, 0.717) is 26.2 Å². The molecule has 2 aliphatic rings. The Bertz CT molecular complexity index is 607. The Kier molecular flexibility index (Phi) is 4.95. The van der Waals surface area contributed by atoms with E-state index < -0.39 is 0 Å². The van der Waals surface area contributed by atoms with E-state index in [1.54, 1.807) is 0 Å². The van der Waals surface area contributed by atoms with Gasteiger partial charge in [-0.05, 0) is 42.4 Å². The summed E-state index contributed by atoms with van der Waals surface area (Å²) in [7, 11) is 0. The van der Waals surface area contributed by atoms with Gasteiger partial charge in [-0.2, -0.15) is 0 Å². The zero-order valence-corrected chi connectivity index (χ0v) is 14.7. The second-order valence-corrected chi connectivity index (χ2v) is 7.68. The molecule has 3 rings (SSSR count). The second kappa shape index (κ2) is 6.95. The molecule has 0 atom stereocenters. The monoisotopic (exact) mass is 332 g/mol. The summed E-state index contributed by atoms with van der Waals surface area (Å²) in [6.45, 7) is 6.38. The van der Waals surface area contributed by atoms with E-state index in [1.807, 2.05) is 41.5 Å². The number of benzene rings is 1. The van der Waals surface area contributed by atoms with Crippen LogP contribution in [0.3, 0.4) is 0 Å². The van der Waals surface area contributed by atoms with Gasteiger partial charge in [-0.15, -0.1) is 11.8 Å². The smallest absolute Gasteiger partial charge is 0.253 e. The van der Waals surface area contributed by atoms with Crippen molar-refractivity contribution in [1.29, 1.82) is 0 Å². The first-order valence-corrected chi connectivity index (χ1v) is 9.38. The van der Waals surface area contributed by atoms with E-state index in [2.05, 4.69) is 12.1 Å². The largest absolute Gasteiger partial charge is 0.339 e. The van der Waals surface area contributed by atoms with Gasteiger partial charge in [0.15, 0.2) is 0 Å². The van der Waals surface area contributed by atoms with E-state index in [-0.39, 0.29) is 17.7 Å². The third-order valence-corrected chi connectivity index (χ3v) is 5.73. The fraction of sp³-hybridized carbons (Fsp3) is 0.556. The average molecular weight is 332 g/mol.